The van der Waals surface area contributed by atoms with Crippen LogP contribution < -0.4 is 10.1 Å². The molecule has 1 aromatic heterocycles. The lowest BCUT2D eigenvalue weighted by molar-refractivity contribution is 0.415. The molecule has 0 aliphatic heterocycles. The Bertz CT molecular complexity index is 1320. The number of fused-ring (bicyclic) bond motifs is 1. The number of hydrogen-bond acceptors (Lipinski definition) is 4. The van der Waals surface area contributed by atoms with Crippen molar-refractivity contribution in [1.82, 2.24) is 4.57 Å². The van der Waals surface area contributed by atoms with Crippen LogP contribution in [0.15, 0.2) is 81.4 Å². The second-order valence-corrected chi connectivity index (χ2v) is 8.17. The van der Waals surface area contributed by atoms with Gasteiger partial charge in [0.1, 0.15) is 11.6 Å². The highest BCUT2D eigenvalue weighted by atomic mass is 79.9. The summed E-state index contributed by atoms with van der Waals surface area (Å²) in [6.45, 7) is 0.140. The molecule has 0 fully saturated rings. The number of aromatic nitrogens is 1. The van der Waals surface area contributed by atoms with Crippen molar-refractivity contribution >= 4 is 55.5 Å². The van der Waals surface area contributed by atoms with Crippen molar-refractivity contribution in [3.63, 3.8) is 0 Å². The van der Waals surface area contributed by atoms with Gasteiger partial charge in [0.05, 0.1) is 19.2 Å². The fourth-order valence-electron chi connectivity index (χ4n) is 3.27. The van der Waals surface area contributed by atoms with E-state index in [0.29, 0.717) is 16.5 Å². The van der Waals surface area contributed by atoms with E-state index in [4.69, 9.17) is 17.0 Å². The second kappa shape index (κ2) is 9.46. The molecule has 3 aromatic carbocycles. The number of nitrogens with zero attached hydrogens (tertiary/aromatic N) is 3. The summed E-state index contributed by atoms with van der Waals surface area (Å²) < 4.78 is 21.7. The van der Waals surface area contributed by atoms with Gasteiger partial charge in [-0.25, -0.2) is 4.39 Å². The van der Waals surface area contributed by atoms with Gasteiger partial charge in [-0.05, 0) is 60.7 Å². The highest BCUT2D eigenvalue weighted by Crippen LogP contribution is 2.40. The molecular weight excluding hydrogens is 495 g/mol. The molecule has 0 bridgehead atoms. The molecule has 1 heterocycles. The van der Waals surface area contributed by atoms with Gasteiger partial charge in [0.2, 0.25) is 11.0 Å². The third kappa shape index (κ3) is 4.63. The molecule has 0 unspecified atom stereocenters. The number of halogens is 2. The third-order valence-corrected chi connectivity index (χ3v) is 5.52. The number of azo groups is 1. The number of thiocarbonyl (C=S) groups is 1. The number of methoxy groups -OCH3 is 1. The molecule has 0 spiro atoms. The smallest absolute Gasteiger partial charge is 0.221 e. The number of nitrogens with one attached hydrogen (secondary N) is 1. The van der Waals surface area contributed by atoms with E-state index in [9.17, 15) is 9.50 Å². The van der Waals surface area contributed by atoms with Crippen LogP contribution in [0.4, 0.5) is 15.8 Å². The van der Waals surface area contributed by atoms with Crippen molar-refractivity contribution in [2.45, 2.75) is 6.54 Å². The maximum Gasteiger partial charge on any atom is 0.221 e. The first kappa shape index (κ1) is 21.9. The molecule has 0 aliphatic rings. The molecule has 0 aliphatic carbocycles. The van der Waals surface area contributed by atoms with Gasteiger partial charge in [0.15, 0.2) is 5.69 Å². The lowest BCUT2D eigenvalue weighted by atomic mass is 10.2. The van der Waals surface area contributed by atoms with Crippen molar-refractivity contribution in [1.29, 1.82) is 0 Å². The average Bonchev–Trinajstić information content (AvgIpc) is 3.04. The number of hydrogen-bond donors (Lipinski definition) is 2. The van der Waals surface area contributed by atoms with E-state index in [1.807, 2.05) is 18.2 Å². The molecule has 4 rings (SSSR count). The van der Waals surface area contributed by atoms with Crippen LogP contribution >= 0.6 is 28.1 Å². The van der Waals surface area contributed by atoms with E-state index in [-0.39, 0.29) is 29.0 Å². The molecule has 2 N–H and O–H groups in total. The Kier molecular flexibility index (Phi) is 6.48. The first-order valence-corrected chi connectivity index (χ1v) is 10.8. The molecule has 162 valence electrons. The third-order valence-electron chi connectivity index (χ3n) is 4.84. The van der Waals surface area contributed by atoms with Crippen LogP contribution in [0.2, 0.25) is 0 Å². The summed E-state index contributed by atoms with van der Waals surface area (Å²) in [5.41, 5.74) is 2.11. The lowest BCUT2D eigenvalue weighted by Gasteiger charge is -2.08. The summed E-state index contributed by atoms with van der Waals surface area (Å²) in [5, 5.41) is 22.9. The van der Waals surface area contributed by atoms with Crippen LogP contribution in [-0.4, -0.2) is 21.9 Å². The van der Waals surface area contributed by atoms with Gasteiger partial charge in [-0.3, -0.25) is 0 Å². The zero-order valence-corrected chi connectivity index (χ0v) is 19.3. The fourth-order valence-corrected chi connectivity index (χ4v) is 3.79. The fraction of sp³-hybridized carbons (Fsp3) is 0.0870. The maximum absolute atomic E-state index is 14.2. The number of anilines is 1. The van der Waals surface area contributed by atoms with Crippen molar-refractivity contribution in [2.24, 2.45) is 10.2 Å². The summed E-state index contributed by atoms with van der Waals surface area (Å²) in [5.74, 6) is 0.248. The minimum atomic E-state index is -0.348. The number of aromatic hydroxyl groups is 1. The highest BCUT2D eigenvalue weighted by molar-refractivity contribution is 9.10. The van der Waals surface area contributed by atoms with Crippen molar-refractivity contribution < 1.29 is 14.2 Å². The molecule has 9 heteroatoms. The van der Waals surface area contributed by atoms with E-state index in [0.717, 1.165) is 15.9 Å². The van der Waals surface area contributed by atoms with Gasteiger partial charge < -0.3 is 19.7 Å². The van der Waals surface area contributed by atoms with Crippen molar-refractivity contribution in [2.75, 3.05) is 12.4 Å². The normalized spacial score (nSPS) is 11.2. The maximum atomic E-state index is 14.2. The number of ether oxygens (including phenoxy) is 1. The van der Waals surface area contributed by atoms with E-state index < -0.39 is 0 Å². The van der Waals surface area contributed by atoms with Crippen LogP contribution in [0.3, 0.4) is 0 Å². The molecule has 4 aromatic rings. The van der Waals surface area contributed by atoms with Crippen LogP contribution in [0, 0.1) is 5.82 Å². The second-order valence-electron chi connectivity index (χ2n) is 6.87. The number of benzene rings is 3. The van der Waals surface area contributed by atoms with E-state index >= 15 is 0 Å². The minimum absolute atomic E-state index is 0.125. The summed E-state index contributed by atoms with van der Waals surface area (Å²) in [4.78, 5) is 0. The molecule has 0 amide bonds. The summed E-state index contributed by atoms with van der Waals surface area (Å²) in [6, 6.07) is 19.1. The molecule has 0 atom stereocenters. The predicted octanol–water partition coefficient (Wildman–Crippen LogP) is 6.79. The molecule has 0 radical (unpaired) electrons. The highest BCUT2D eigenvalue weighted by Gasteiger charge is 2.18. The lowest BCUT2D eigenvalue weighted by Crippen LogP contribution is -2.04. The minimum Gasteiger partial charge on any atom is -0.497 e. The van der Waals surface area contributed by atoms with Crippen molar-refractivity contribution in [3.05, 3.63) is 82.6 Å². The van der Waals surface area contributed by atoms with Crippen LogP contribution in [0.5, 0.6) is 11.6 Å². The Balaban J connectivity index is 1.65. The zero-order chi connectivity index (χ0) is 22.7. The van der Waals surface area contributed by atoms with Crippen LogP contribution in [0.1, 0.15) is 5.56 Å². The largest absolute Gasteiger partial charge is 0.497 e. The van der Waals surface area contributed by atoms with Gasteiger partial charge >= 0.3 is 0 Å². The number of rotatable bonds is 5. The van der Waals surface area contributed by atoms with Gasteiger partial charge in [-0.1, -0.05) is 34.1 Å². The predicted molar refractivity (Wildman–Crippen MR) is 131 cm³/mol. The van der Waals surface area contributed by atoms with E-state index in [2.05, 4.69) is 31.5 Å². The molecular formula is C23H18BrFN4O2S. The first-order chi connectivity index (χ1) is 15.5. The average molecular weight is 513 g/mol. The quantitative estimate of drug-likeness (QED) is 0.228. The molecule has 32 heavy (non-hydrogen) atoms. The van der Waals surface area contributed by atoms with E-state index in [1.54, 1.807) is 54.1 Å². The summed E-state index contributed by atoms with van der Waals surface area (Å²) >= 11 is 8.71. The van der Waals surface area contributed by atoms with Gasteiger partial charge in [0, 0.05) is 21.1 Å². The summed E-state index contributed by atoms with van der Waals surface area (Å²) in [7, 11) is 1.59. The van der Waals surface area contributed by atoms with E-state index in [1.165, 1.54) is 6.07 Å². The Morgan fingerprint density at radius 3 is 2.62 bits per heavy atom. The molecule has 6 nitrogen and oxygen atoms in total. The first-order valence-electron chi connectivity index (χ1n) is 9.57. The Labute approximate surface area is 197 Å². The van der Waals surface area contributed by atoms with Gasteiger partial charge in [0.25, 0.3) is 0 Å². The topological polar surface area (TPSA) is 71.1 Å². The van der Waals surface area contributed by atoms with Crippen LogP contribution in [0.25, 0.3) is 10.9 Å². The Hall–Kier alpha value is -3.30. The Morgan fingerprint density at radius 2 is 1.91 bits per heavy atom. The zero-order valence-electron chi connectivity index (χ0n) is 16.9. The molecule has 0 saturated carbocycles. The van der Waals surface area contributed by atoms with Gasteiger partial charge in [-0.15, -0.1) is 10.2 Å². The standard InChI is InChI=1S/C23H18BrFN4O2S/c1-31-17-9-7-16(8-10-17)26-23(32)28-27-21-18-12-15(24)6-11-20(18)29(22(21)30)13-14-4-2-3-5-19(14)25/h2-12,30H,13H2,1H3,(H,26,32). The summed E-state index contributed by atoms with van der Waals surface area (Å²) in [6.07, 6.45) is 0. The molecule has 0 saturated heterocycles. The Morgan fingerprint density at radius 1 is 1.16 bits per heavy atom. The van der Waals surface area contributed by atoms with Crippen molar-refractivity contribution in [3.8, 4) is 11.6 Å². The van der Waals surface area contributed by atoms with Crippen LogP contribution in [-0.2, 0) is 6.54 Å². The van der Waals surface area contributed by atoms with Gasteiger partial charge in [-0.2, -0.15) is 0 Å². The monoisotopic (exact) mass is 512 g/mol. The SMILES string of the molecule is COc1ccc(NC(=S)N=Nc2c(O)n(Cc3ccccc3F)c3ccc(Br)cc23)cc1.